The van der Waals surface area contributed by atoms with Gasteiger partial charge in [-0.3, -0.25) is 4.68 Å². The van der Waals surface area contributed by atoms with Gasteiger partial charge in [0.05, 0.1) is 0 Å². The van der Waals surface area contributed by atoms with E-state index in [2.05, 4.69) is 57.5 Å². The van der Waals surface area contributed by atoms with Crippen molar-refractivity contribution in [2.45, 2.75) is 25.8 Å². The Hall–Kier alpha value is -1.13. The molecule has 0 aliphatic heterocycles. The average molecular weight is 322 g/mol. The maximum atomic E-state index is 4.21. The quantitative estimate of drug-likeness (QED) is 0.914. The molecule has 4 heteroatoms. The third-order valence-electron chi connectivity index (χ3n) is 3.57. The van der Waals surface area contributed by atoms with Crippen LogP contribution >= 0.6 is 15.9 Å². The first-order chi connectivity index (χ1) is 9.11. The number of halogens is 1. The van der Waals surface area contributed by atoms with Gasteiger partial charge in [-0.25, -0.2) is 0 Å². The van der Waals surface area contributed by atoms with Crippen molar-refractivity contribution in [3.63, 3.8) is 0 Å². The summed E-state index contributed by atoms with van der Waals surface area (Å²) in [6, 6.07) is 8.94. The summed E-state index contributed by atoms with van der Waals surface area (Å²) in [7, 11) is 4.02. The normalized spacial score (nSPS) is 12.6. The number of rotatable bonds is 5. The van der Waals surface area contributed by atoms with E-state index in [1.807, 2.05) is 25.0 Å². The lowest BCUT2D eigenvalue weighted by molar-refractivity contribution is 0.533. The summed E-state index contributed by atoms with van der Waals surface area (Å²) in [5, 5.41) is 7.63. The molecule has 19 heavy (non-hydrogen) atoms. The standard InChI is InChI=1S/C15H20BrN3/c1-11-10-12(16)4-6-14(11)15(17-2)7-5-13-8-9-18-19(13)3/h4,6,8-10,15,17H,5,7H2,1-3H3. The summed E-state index contributed by atoms with van der Waals surface area (Å²) in [4.78, 5) is 0. The Morgan fingerprint density at radius 2 is 2.16 bits per heavy atom. The molecule has 1 heterocycles. The van der Waals surface area contributed by atoms with Crippen molar-refractivity contribution in [2.75, 3.05) is 7.05 Å². The first-order valence-electron chi connectivity index (χ1n) is 6.52. The highest BCUT2D eigenvalue weighted by atomic mass is 79.9. The summed E-state index contributed by atoms with van der Waals surface area (Å²) in [6.07, 6.45) is 3.95. The Morgan fingerprint density at radius 1 is 1.37 bits per heavy atom. The van der Waals surface area contributed by atoms with Crippen molar-refractivity contribution in [2.24, 2.45) is 7.05 Å². The lowest BCUT2D eigenvalue weighted by Crippen LogP contribution is -2.18. The van der Waals surface area contributed by atoms with Crippen LogP contribution in [0, 0.1) is 6.92 Å². The predicted octanol–water partition coefficient (Wildman–Crippen LogP) is 3.38. The molecule has 1 unspecified atom stereocenters. The smallest absolute Gasteiger partial charge is 0.0492 e. The van der Waals surface area contributed by atoms with Gasteiger partial charge in [0.1, 0.15) is 0 Å². The molecule has 0 fully saturated rings. The zero-order chi connectivity index (χ0) is 13.8. The fourth-order valence-corrected chi connectivity index (χ4v) is 2.90. The molecule has 1 atom stereocenters. The molecule has 2 aromatic rings. The van der Waals surface area contributed by atoms with Crippen LogP contribution in [-0.4, -0.2) is 16.8 Å². The Kier molecular flexibility index (Phi) is 4.77. The van der Waals surface area contributed by atoms with Crippen LogP contribution < -0.4 is 5.32 Å². The van der Waals surface area contributed by atoms with Gasteiger partial charge in [0.25, 0.3) is 0 Å². The highest BCUT2D eigenvalue weighted by Gasteiger charge is 2.12. The Labute approximate surface area is 123 Å². The minimum Gasteiger partial charge on any atom is -0.313 e. The predicted molar refractivity (Wildman–Crippen MR) is 82.2 cm³/mol. The fraction of sp³-hybridized carbons (Fsp3) is 0.400. The van der Waals surface area contributed by atoms with Crippen LogP contribution in [0.25, 0.3) is 0 Å². The van der Waals surface area contributed by atoms with Crippen LogP contribution in [0.4, 0.5) is 0 Å². The number of benzene rings is 1. The molecule has 1 N–H and O–H groups in total. The van der Waals surface area contributed by atoms with Crippen LogP contribution in [0.3, 0.4) is 0 Å². The second-order valence-electron chi connectivity index (χ2n) is 4.83. The summed E-state index contributed by atoms with van der Waals surface area (Å²) < 4.78 is 3.08. The van der Waals surface area contributed by atoms with Crippen molar-refractivity contribution < 1.29 is 0 Å². The van der Waals surface area contributed by atoms with Crippen molar-refractivity contribution in [3.05, 3.63) is 51.8 Å². The highest BCUT2D eigenvalue weighted by Crippen LogP contribution is 2.24. The van der Waals surface area contributed by atoms with Crippen molar-refractivity contribution in [1.82, 2.24) is 15.1 Å². The topological polar surface area (TPSA) is 29.9 Å². The average Bonchev–Trinajstić information content (AvgIpc) is 2.78. The number of nitrogens with one attached hydrogen (secondary N) is 1. The zero-order valence-electron chi connectivity index (χ0n) is 11.7. The monoisotopic (exact) mass is 321 g/mol. The third kappa shape index (κ3) is 3.45. The number of aryl methyl sites for hydroxylation is 3. The maximum absolute atomic E-state index is 4.21. The van der Waals surface area contributed by atoms with E-state index in [0.717, 1.165) is 17.3 Å². The van der Waals surface area contributed by atoms with Crippen molar-refractivity contribution >= 4 is 15.9 Å². The molecular formula is C15H20BrN3. The number of hydrogen-bond donors (Lipinski definition) is 1. The Morgan fingerprint density at radius 3 is 2.74 bits per heavy atom. The largest absolute Gasteiger partial charge is 0.313 e. The van der Waals surface area contributed by atoms with E-state index in [9.17, 15) is 0 Å². The van der Waals surface area contributed by atoms with Gasteiger partial charge >= 0.3 is 0 Å². The molecule has 0 radical (unpaired) electrons. The van der Waals surface area contributed by atoms with E-state index < -0.39 is 0 Å². The van der Waals surface area contributed by atoms with E-state index in [1.165, 1.54) is 16.8 Å². The molecule has 3 nitrogen and oxygen atoms in total. The molecule has 0 aliphatic carbocycles. The SMILES string of the molecule is CNC(CCc1ccnn1C)c1ccc(Br)cc1C. The first-order valence-corrected chi connectivity index (χ1v) is 7.31. The fourth-order valence-electron chi connectivity index (χ4n) is 2.42. The summed E-state index contributed by atoms with van der Waals surface area (Å²) in [5.74, 6) is 0. The van der Waals surface area contributed by atoms with E-state index in [4.69, 9.17) is 0 Å². The zero-order valence-corrected chi connectivity index (χ0v) is 13.2. The minimum absolute atomic E-state index is 0.378. The highest BCUT2D eigenvalue weighted by molar-refractivity contribution is 9.10. The van der Waals surface area contributed by atoms with Crippen LogP contribution in [0.2, 0.25) is 0 Å². The second kappa shape index (κ2) is 6.35. The molecule has 0 spiro atoms. The van der Waals surface area contributed by atoms with Crippen molar-refractivity contribution in [3.8, 4) is 0 Å². The van der Waals surface area contributed by atoms with Gasteiger partial charge in [-0.15, -0.1) is 0 Å². The number of hydrogen-bond acceptors (Lipinski definition) is 2. The van der Waals surface area contributed by atoms with Crippen molar-refractivity contribution in [1.29, 1.82) is 0 Å². The molecule has 0 saturated carbocycles. The summed E-state index contributed by atoms with van der Waals surface area (Å²) >= 11 is 3.52. The van der Waals surface area contributed by atoms with E-state index in [0.29, 0.717) is 6.04 Å². The maximum Gasteiger partial charge on any atom is 0.0492 e. The molecule has 0 aliphatic rings. The van der Waals surface area contributed by atoms with Gasteiger partial charge in [-0.1, -0.05) is 22.0 Å². The Bertz CT molecular complexity index is 548. The van der Waals surface area contributed by atoms with Crippen LogP contribution in [-0.2, 0) is 13.5 Å². The Balaban J connectivity index is 2.10. The van der Waals surface area contributed by atoms with E-state index in [-0.39, 0.29) is 0 Å². The van der Waals surface area contributed by atoms with Crippen LogP contribution in [0.5, 0.6) is 0 Å². The molecule has 0 bridgehead atoms. The van der Waals surface area contributed by atoms with Gasteiger partial charge in [0.15, 0.2) is 0 Å². The van der Waals surface area contributed by atoms with Gasteiger partial charge in [-0.05, 0) is 56.1 Å². The van der Waals surface area contributed by atoms with Gasteiger partial charge in [-0.2, -0.15) is 5.10 Å². The summed E-state index contributed by atoms with van der Waals surface area (Å²) in [6.45, 7) is 2.16. The van der Waals surface area contributed by atoms with Gasteiger partial charge < -0.3 is 5.32 Å². The summed E-state index contributed by atoms with van der Waals surface area (Å²) in [5.41, 5.74) is 3.96. The van der Waals surface area contributed by atoms with Crippen LogP contribution in [0.1, 0.15) is 29.3 Å². The number of nitrogens with zero attached hydrogens (tertiary/aromatic N) is 2. The molecule has 0 saturated heterocycles. The molecule has 1 aromatic carbocycles. The van der Waals surface area contributed by atoms with E-state index >= 15 is 0 Å². The van der Waals surface area contributed by atoms with Crippen LogP contribution in [0.15, 0.2) is 34.9 Å². The first kappa shape index (κ1) is 14.3. The van der Waals surface area contributed by atoms with E-state index in [1.54, 1.807) is 0 Å². The number of aromatic nitrogens is 2. The molecule has 2 rings (SSSR count). The second-order valence-corrected chi connectivity index (χ2v) is 5.74. The molecular weight excluding hydrogens is 302 g/mol. The molecule has 102 valence electrons. The minimum atomic E-state index is 0.378. The molecule has 0 amide bonds. The molecule has 1 aromatic heterocycles. The lowest BCUT2D eigenvalue weighted by Gasteiger charge is -2.19. The third-order valence-corrected chi connectivity index (χ3v) is 4.06. The van der Waals surface area contributed by atoms with Gasteiger partial charge in [0.2, 0.25) is 0 Å². The van der Waals surface area contributed by atoms with Gasteiger partial charge in [0, 0.05) is 29.5 Å². The lowest BCUT2D eigenvalue weighted by atomic mass is 9.97.